The maximum absolute atomic E-state index is 7.34. The van der Waals surface area contributed by atoms with E-state index in [-0.39, 0.29) is 5.31 Å². The Morgan fingerprint density at radius 3 is 2.64 bits per heavy atom. The summed E-state index contributed by atoms with van der Waals surface area (Å²) in [4.78, 5) is 0. The highest BCUT2D eigenvalue weighted by Crippen LogP contribution is 2.97. The van der Waals surface area contributed by atoms with Crippen LogP contribution in [-0.2, 0) is 0 Å². The first-order valence-electron chi connectivity index (χ1n) is 9.91. The van der Waals surface area contributed by atoms with Crippen LogP contribution < -0.4 is 0 Å². The topological polar surface area (TPSA) is 0 Å². The normalized spacial score (nSPS) is 69.8. The number of rotatable bonds is 3. The van der Waals surface area contributed by atoms with Crippen LogP contribution in [0.15, 0.2) is 12.7 Å². The third-order valence-electron chi connectivity index (χ3n) is 10.6. The second kappa shape index (κ2) is 3.43. The Morgan fingerprint density at radius 2 is 1.95 bits per heavy atom. The van der Waals surface area contributed by atoms with Gasteiger partial charge in [0.05, 0.1) is 7.85 Å². The molecule has 0 saturated heterocycles. The van der Waals surface area contributed by atoms with E-state index < -0.39 is 0 Å². The van der Waals surface area contributed by atoms with Crippen LogP contribution in [0.2, 0.25) is 5.31 Å². The molecule has 2 radical (unpaired) electrons. The lowest BCUT2D eigenvalue weighted by atomic mass is 9.17. The highest BCUT2D eigenvalue weighted by atomic mass is 14.9. The molecule has 1 heteroatoms. The van der Waals surface area contributed by atoms with Gasteiger partial charge in [-0.2, -0.15) is 0 Å². The van der Waals surface area contributed by atoms with Gasteiger partial charge in [0.2, 0.25) is 0 Å². The molecule has 6 fully saturated rings. The standard InChI is InChI=1S/C21H29B/c1-4-11(2)10-21(22)14-6-5-13-16(14)18-17-15(21)9-12-7-8-20(12,17)19(13,18)3/h4,11-18H,1,5-10H2,2-3H3. The van der Waals surface area contributed by atoms with Crippen molar-refractivity contribution in [2.24, 2.45) is 58.2 Å². The third kappa shape index (κ3) is 0.929. The summed E-state index contributed by atoms with van der Waals surface area (Å²) in [5, 5.41) is 0.139. The van der Waals surface area contributed by atoms with Gasteiger partial charge in [-0.05, 0) is 90.3 Å². The summed E-state index contributed by atoms with van der Waals surface area (Å²) in [6.07, 6.45) is 10.8. The van der Waals surface area contributed by atoms with Crippen LogP contribution in [0.1, 0.15) is 52.4 Å². The van der Waals surface area contributed by atoms with Crippen LogP contribution in [0.4, 0.5) is 0 Å². The van der Waals surface area contributed by atoms with Gasteiger partial charge in [0.15, 0.2) is 0 Å². The minimum Gasteiger partial charge on any atom is -0.103 e. The Kier molecular flexibility index (Phi) is 2.05. The largest absolute Gasteiger partial charge is 0.103 e. The van der Waals surface area contributed by atoms with Gasteiger partial charge < -0.3 is 0 Å². The highest BCUT2D eigenvalue weighted by molar-refractivity contribution is 6.16. The van der Waals surface area contributed by atoms with Crippen molar-refractivity contribution >= 4 is 7.85 Å². The fourth-order valence-electron chi connectivity index (χ4n) is 10.2. The first-order chi connectivity index (χ1) is 10.5. The Bertz CT molecular complexity index is 582. The maximum Gasteiger partial charge on any atom is 0.0754 e. The van der Waals surface area contributed by atoms with Gasteiger partial charge >= 0.3 is 0 Å². The lowest BCUT2D eigenvalue weighted by molar-refractivity contribution is -0.385. The van der Waals surface area contributed by atoms with E-state index in [2.05, 4.69) is 26.5 Å². The molecule has 6 aliphatic carbocycles. The van der Waals surface area contributed by atoms with Crippen molar-refractivity contribution in [2.45, 2.75) is 57.7 Å². The van der Waals surface area contributed by atoms with E-state index in [4.69, 9.17) is 7.85 Å². The summed E-state index contributed by atoms with van der Waals surface area (Å²) in [7, 11) is 7.34. The van der Waals surface area contributed by atoms with Gasteiger partial charge in [0.25, 0.3) is 0 Å². The molecule has 0 amide bonds. The van der Waals surface area contributed by atoms with Gasteiger partial charge in [-0.15, -0.1) is 6.58 Å². The average molecular weight is 292 g/mol. The van der Waals surface area contributed by atoms with E-state index in [1.807, 2.05) is 0 Å². The molecule has 6 rings (SSSR count). The maximum atomic E-state index is 7.34. The Hall–Kier alpha value is -0.195. The van der Waals surface area contributed by atoms with Gasteiger partial charge in [-0.25, -0.2) is 0 Å². The molecule has 0 bridgehead atoms. The van der Waals surface area contributed by atoms with Crippen molar-refractivity contribution in [3.05, 3.63) is 12.7 Å². The molecule has 0 N–H and O–H groups in total. The molecule has 0 nitrogen and oxygen atoms in total. The monoisotopic (exact) mass is 292 g/mol. The lowest BCUT2D eigenvalue weighted by Crippen LogP contribution is -2.82. The fourth-order valence-corrected chi connectivity index (χ4v) is 10.2. The van der Waals surface area contributed by atoms with Crippen LogP contribution >= 0.6 is 0 Å². The summed E-state index contributed by atoms with van der Waals surface area (Å²) >= 11 is 0. The van der Waals surface area contributed by atoms with Crippen LogP contribution in [0.3, 0.4) is 0 Å². The lowest BCUT2D eigenvalue weighted by Gasteiger charge is -2.86. The molecule has 0 aliphatic heterocycles. The molecule has 6 saturated carbocycles. The summed E-state index contributed by atoms with van der Waals surface area (Å²) in [5.74, 6) is 7.48. The van der Waals surface area contributed by atoms with Gasteiger partial charge in [0.1, 0.15) is 0 Å². The molecule has 22 heavy (non-hydrogen) atoms. The minimum atomic E-state index is 0.139. The molecule has 11 unspecified atom stereocenters. The van der Waals surface area contributed by atoms with Crippen molar-refractivity contribution in [1.29, 1.82) is 0 Å². The molecule has 1 spiro atoms. The molecule has 6 aliphatic rings. The van der Waals surface area contributed by atoms with E-state index in [0.717, 1.165) is 52.3 Å². The molecule has 11 atom stereocenters. The van der Waals surface area contributed by atoms with Crippen LogP contribution in [0.5, 0.6) is 0 Å². The van der Waals surface area contributed by atoms with Gasteiger partial charge in [-0.1, -0.05) is 31.7 Å². The third-order valence-corrected chi connectivity index (χ3v) is 10.6. The number of fused-ring (bicyclic) bond motifs is 1. The minimum absolute atomic E-state index is 0.139. The summed E-state index contributed by atoms with van der Waals surface area (Å²) in [6.45, 7) is 9.10. The quantitative estimate of drug-likeness (QED) is 0.514. The first kappa shape index (κ1) is 13.1. The van der Waals surface area contributed by atoms with Crippen molar-refractivity contribution in [3.63, 3.8) is 0 Å². The van der Waals surface area contributed by atoms with Gasteiger partial charge in [-0.3, -0.25) is 0 Å². The zero-order valence-corrected chi connectivity index (χ0v) is 14.2. The van der Waals surface area contributed by atoms with E-state index in [1.54, 1.807) is 6.42 Å². The zero-order valence-electron chi connectivity index (χ0n) is 14.2. The Labute approximate surface area is 136 Å². The first-order valence-corrected chi connectivity index (χ1v) is 9.91. The van der Waals surface area contributed by atoms with E-state index in [0.29, 0.717) is 5.92 Å². The fraction of sp³-hybridized carbons (Fsp3) is 0.905. The Balaban J connectivity index is 1.49. The molecule has 0 aromatic heterocycles. The predicted octanol–water partition coefficient (Wildman–Crippen LogP) is 4.86. The summed E-state index contributed by atoms with van der Waals surface area (Å²) < 4.78 is 0. The summed E-state index contributed by atoms with van der Waals surface area (Å²) in [6, 6.07) is 0. The van der Waals surface area contributed by atoms with Crippen LogP contribution in [-0.4, -0.2) is 7.85 Å². The Morgan fingerprint density at radius 1 is 1.18 bits per heavy atom. The molecular weight excluding hydrogens is 263 g/mol. The predicted molar refractivity (Wildman–Crippen MR) is 90.5 cm³/mol. The van der Waals surface area contributed by atoms with E-state index in [9.17, 15) is 0 Å². The molecule has 0 heterocycles. The van der Waals surface area contributed by atoms with E-state index in [1.165, 1.54) is 32.1 Å². The molecule has 0 aromatic carbocycles. The summed E-state index contributed by atoms with van der Waals surface area (Å²) in [5.41, 5.74) is 1.51. The van der Waals surface area contributed by atoms with Crippen molar-refractivity contribution in [1.82, 2.24) is 0 Å². The average Bonchev–Trinajstić information content (AvgIpc) is 2.96. The smallest absolute Gasteiger partial charge is 0.0754 e. The zero-order chi connectivity index (χ0) is 15.1. The van der Waals surface area contributed by atoms with Crippen molar-refractivity contribution < 1.29 is 0 Å². The highest BCUT2D eigenvalue weighted by Gasteiger charge is 2.91. The molecular formula is C21H29B. The van der Waals surface area contributed by atoms with Crippen LogP contribution in [0, 0.1) is 58.2 Å². The van der Waals surface area contributed by atoms with Crippen molar-refractivity contribution in [3.8, 4) is 0 Å². The second-order valence-corrected chi connectivity index (χ2v) is 10.3. The number of hydrogen-bond donors (Lipinski definition) is 0. The second-order valence-electron chi connectivity index (χ2n) is 10.3. The van der Waals surface area contributed by atoms with Gasteiger partial charge in [0, 0.05) is 0 Å². The molecule has 116 valence electrons. The number of allylic oxidation sites excluding steroid dienone is 1. The number of hydrogen-bond acceptors (Lipinski definition) is 0. The molecule has 0 aromatic rings. The van der Waals surface area contributed by atoms with Crippen LogP contribution in [0.25, 0.3) is 0 Å². The van der Waals surface area contributed by atoms with E-state index >= 15 is 0 Å². The SMILES string of the molecule is [B]C1(CC(C)C=C)C2CCC3C2C2C4C1CC1CCC14C32C. The van der Waals surface area contributed by atoms with Crippen molar-refractivity contribution in [2.75, 3.05) is 0 Å².